The molecule has 0 aromatic heterocycles. The van der Waals surface area contributed by atoms with Crippen LogP contribution < -0.4 is 5.32 Å². The van der Waals surface area contributed by atoms with Gasteiger partial charge >= 0.3 is 5.97 Å². The zero-order valence-corrected chi connectivity index (χ0v) is 15.1. The SMILES string of the molecule is CCOC(=O)CC(NC(C)C)C(=O)c1ccc(C(C)(C)C)cc1. The summed E-state index contributed by atoms with van der Waals surface area (Å²) < 4.78 is 4.97. The Morgan fingerprint density at radius 3 is 2.13 bits per heavy atom. The Morgan fingerprint density at radius 1 is 1.13 bits per heavy atom. The molecule has 4 heteroatoms. The highest BCUT2D eigenvalue weighted by atomic mass is 16.5. The fourth-order valence-corrected chi connectivity index (χ4v) is 2.35. The van der Waals surface area contributed by atoms with Gasteiger partial charge in [-0.05, 0) is 17.9 Å². The highest BCUT2D eigenvalue weighted by molar-refractivity contribution is 6.01. The largest absolute Gasteiger partial charge is 0.466 e. The first-order valence-corrected chi connectivity index (χ1v) is 8.21. The van der Waals surface area contributed by atoms with E-state index in [4.69, 9.17) is 4.74 Å². The fraction of sp³-hybridized carbons (Fsp3) is 0.579. The van der Waals surface area contributed by atoms with Crippen LogP contribution in [0.4, 0.5) is 0 Å². The number of hydrogen-bond donors (Lipinski definition) is 1. The minimum absolute atomic E-state index is 0.0437. The van der Waals surface area contributed by atoms with Crippen LogP contribution >= 0.6 is 0 Å². The number of ketones is 1. The predicted octanol–water partition coefficient (Wildman–Crippen LogP) is 3.49. The van der Waals surface area contributed by atoms with Crippen LogP contribution in [0.25, 0.3) is 0 Å². The zero-order chi connectivity index (χ0) is 17.6. The van der Waals surface area contributed by atoms with Crippen LogP contribution in [-0.2, 0) is 14.9 Å². The van der Waals surface area contributed by atoms with Crippen molar-refractivity contribution >= 4 is 11.8 Å². The fourth-order valence-electron chi connectivity index (χ4n) is 2.35. The molecular weight excluding hydrogens is 290 g/mol. The predicted molar refractivity (Wildman–Crippen MR) is 92.8 cm³/mol. The van der Waals surface area contributed by atoms with Gasteiger partial charge in [-0.25, -0.2) is 0 Å². The van der Waals surface area contributed by atoms with Gasteiger partial charge in [0, 0.05) is 11.6 Å². The molecule has 0 aliphatic heterocycles. The van der Waals surface area contributed by atoms with Gasteiger partial charge in [0.15, 0.2) is 5.78 Å². The van der Waals surface area contributed by atoms with Crippen LogP contribution in [-0.4, -0.2) is 30.4 Å². The Balaban J connectivity index is 2.93. The molecule has 0 saturated heterocycles. The number of ether oxygens (including phenoxy) is 1. The van der Waals surface area contributed by atoms with Crippen molar-refractivity contribution in [3.05, 3.63) is 35.4 Å². The molecule has 0 saturated carbocycles. The number of hydrogen-bond acceptors (Lipinski definition) is 4. The summed E-state index contributed by atoms with van der Waals surface area (Å²) in [7, 11) is 0. The molecule has 23 heavy (non-hydrogen) atoms. The Hall–Kier alpha value is -1.68. The molecular formula is C19H29NO3. The summed E-state index contributed by atoms with van der Waals surface area (Å²) in [6.45, 7) is 12.4. The summed E-state index contributed by atoms with van der Waals surface area (Å²) in [6.07, 6.45) is 0.0475. The van der Waals surface area contributed by atoms with Gasteiger partial charge in [-0.3, -0.25) is 9.59 Å². The summed E-state index contributed by atoms with van der Waals surface area (Å²) in [6, 6.07) is 7.17. The van der Waals surface area contributed by atoms with Crippen molar-refractivity contribution in [1.82, 2.24) is 5.32 Å². The molecule has 1 unspecified atom stereocenters. The number of nitrogens with one attached hydrogen (secondary N) is 1. The molecule has 0 fully saturated rings. The van der Waals surface area contributed by atoms with Crippen LogP contribution in [0.5, 0.6) is 0 Å². The third-order valence-electron chi connectivity index (χ3n) is 3.56. The van der Waals surface area contributed by atoms with Crippen molar-refractivity contribution in [3.63, 3.8) is 0 Å². The number of benzene rings is 1. The van der Waals surface area contributed by atoms with E-state index in [1.807, 2.05) is 38.1 Å². The summed E-state index contributed by atoms with van der Waals surface area (Å²) in [5.74, 6) is -0.433. The van der Waals surface area contributed by atoms with Gasteiger partial charge in [-0.2, -0.15) is 0 Å². The zero-order valence-electron chi connectivity index (χ0n) is 15.1. The van der Waals surface area contributed by atoms with Gasteiger partial charge in [-0.15, -0.1) is 0 Å². The van der Waals surface area contributed by atoms with Gasteiger partial charge in [0.1, 0.15) is 0 Å². The van der Waals surface area contributed by atoms with E-state index in [1.54, 1.807) is 6.92 Å². The standard InChI is InChI=1S/C19H29NO3/c1-7-23-17(21)12-16(20-13(2)3)18(22)14-8-10-15(11-9-14)19(4,5)6/h8-11,13,16,20H,7,12H2,1-6H3. The Labute approximate surface area is 139 Å². The maximum atomic E-state index is 12.7. The lowest BCUT2D eigenvalue weighted by Crippen LogP contribution is -2.42. The van der Waals surface area contributed by atoms with E-state index >= 15 is 0 Å². The second kappa shape index (κ2) is 8.25. The Bertz CT molecular complexity index is 527. The molecule has 0 spiro atoms. The highest BCUT2D eigenvalue weighted by Gasteiger charge is 2.24. The van der Waals surface area contributed by atoms with Gasteiger partial charge in [0.05, 0.1) is 19.1 Å². The van der Waals surface area contributed by atoms with Gasteiger partial charge in [-0.1, -0.05) is 58.9 Å². The first kappa shape index (κ1) is 19.4. The maximum absolute atomic E-state index is 12.7. The van der Waals surface area contributed by atoms with Crippen LogP contribution in [0.3, 0.4) is 0 Å². The van der Waals surface area contributed by atoms with Crippen LogP contribution in [0.1, 0.15) is 63.9 Å². The van der Waals surface area contributed by atoms with E-state index in [0.29, 0.717) is 12.2 Å². The molecule has 0 aliphatic rings. The second-order valence-electron chi connectivity index (χ2n) is 7.07. The average Bonchev–Trinajstić information content (AvgIpc) is 2.45. The first-order chi connectivity index (χ1) is 10.6. The molecule has 0 amide bonds. The molecule has 1 aromatic carbocycles. The van der Waals surface area contributed by atoms with Crippen LogP contribution in [0.2, 0.25) is 0 Å². The third-order valence-corrected chi connectivity index (χ3v) is 3.56. The van der Waals surface area contributed by atoms with Crippen molar-refractivity contribution < 1.29 is 14.3 Å². The second-order valence-corrected chi connectivity index (χ2v) is 7.07. The molecule has 128 valence electrons. The Morgan fingerprint density at radius 2 is 1.70 bits per heavy atom. The molecule has 0 radical (unpaired) electrons. The van der Waals surface area contributed by atoms with Gasteiger partial charge in [0.25, 0.3) is 0 Å². The summed E-state index contributed by atoms with van der Waals surface area (Å²) in [4.78, 5) is 24.5. The van der Waals surface area contributed by atoms with Crippen LogP contribution in [0.15, 0.2) is 24.3 Å². The van der Waals surface area contributed by atoms with Crippen molar-refractivity contribution in [1.29, 1.82) is 0 Å². The van der Waals surface area contributed by atoms with E-state index in [0.717, 1.165) is 0 Å². The quantitative estimate of drug-likeness (QED) is 0.617. The molecule has 1 aromatic rings. The highest BCUT2D eigenvalue weighted by Crippen LogP contribution is 2.22. The summed E-state index contributed by atoms with van der Waals surface area (Å²) >= 11 is 0. The number of rotatable bonds is 7. The summed E-state index contributed by atoms with van der Waals surface area (Å²) in [5.41, 5.74) is 1.83. The lowest BCUT2D eigenvalue weighted by molar-refractivity contribution is -0.143. The Kier molecular flexibility index (Phi) is 6.95. The monoisotopic (exact) mass is 319 g/mol. The molecule has 1 N–H and O–H groups in total. The average molecular weight is 319 g/mol. The first-order valence-electron chi connectivity index (χ1n) is 8.21. The van der Waals surface area contributed by atoms with E-state index in [9.17, 15) is 9.59 Å². The minimum atomic E-state index is -0.561. The van der Waals surface area contributed by atoms with E-state index in [2.05, 4.69) is 26.1 Å². The molecule has 0 aliphatic carbocycles. The van der Waals surface area contributed by atoms with E-state index < -0.39 is 6.04 Å². The van der Waals surface area contributed by atoms with E-state index in [1.165, 1.54) is 5.56 Å². The number of esters is 1. The number of carbonyl (C=O) groups is 2. The van der Waals surface area contributed by atoms with Crippen molar-refractivity contribution in [2.75, 3.05) is 6.61 Å². The molecule has 4 nitrogen and oxygen atoms in total. The normalized spacial score (nSPS) is 13.0. The van der Waals surface area contributed by atoms with Crippen molar-refractivity contribution in [3.8, 4) is 0 Å². The number of Topliss-reactive ketones (excluding diaryl/α,β-unsaturated/α-hetero) is 1. The molecule has 0 heterocycles. The number of carbonyl (C=O) groups excluding carboxylic acids is 2. The van der Waals surface area contributed by atoms with Gasteiger partial charge in [0.2, 0.25) is 0 Å². The molecule has 1 rings (SSSR count). The third kappa shape index (κ3) is 6.14. The van der Waals surface area contributed by atoms with Crippen molar-refractivity contribution in [2.24, 2.45) is 0 Å². The lowest BCUT2D eigenvalue weighted by atomic mass is 9.86. The van der Waals surface area contributed by atoms with Crippen LogP contribution in [0, 0.1) is 0 Å². The van der Waals surface area contributed by atoms with Crippen molar-refractivity contribution in [2.45, 2.75) is 65.5 Å². The minimum Gasteiger partial charge on any atom is -0.466 e. The topological polar surface area (TPSA) is 55.4 Å². The summed E-state index contributed by atoms with van der Waals surface area (Å²) in [5, 5.41) is 3.16. The smallest absolute Gasteiger partial charge is 0.307 e. The maximum Gasteiger partial charge on any atom is 0.307 e. The molecule has 1 atom stereocenters. The van der Waals surface area contributed by atoms with Gasteiger partial charge < -0.3 is 10.1 Å². The lowest BCUT2D eigenvalue weighted by Gasteiger charge is -2.21. The molecule has 0 bridgehead atoms. The van der Waals surface area contributed by atoms with E-state index in [-0.39, 0.29) is 29.6 Å².